The van der Waals surface area contributed by atoms with Gasteiger partial charge in [0.2, 0.25) is 5.91 Å². The summed E-state index contributed by atoms with van der Waals surface area (Å²) in [6.07, 6.45) is 1.85. The Balaban J connectivity index is 1.73. The lowest BCUT2D eigenvalue weighted by atomic mass is 10.0. The fourth-order valence-electron chi connectivity index (χ4n) is 3.55. The zero-order valence-electron chi connectivity index (χ0n) is 13.8. The van der Waals surface area contributed by atoms with E-state index in [2.05, 4.69) is 0 Å². The summed E-state index contributed by atoms with van der Waals surface area (Å²) in [4.78, 5) is 25.6. The highest BCUT2D eigenvalue weighted by Crippen LogP contribution is 2.51. The summed E-state index contributed by atoms with van der Waals surface area (Å²) >= 11 is 6.11. The fraction of sp³-hybridized carbons (Fsp3) is 0.556. The van der Waals surface area contributed by atoms with Crippen molar-refractivity contribution >= 4 is 23.5 Å². The molecule has 3 rings (SSSR count). The van der Waals surface area contributed by atoms with E-state index in [0.717, 1.165) is 0 Å². The maximum atomic E-state index is 14.1. The van der Waals surface area contributed by atoms with E-state index in [9.17, 15) is 14.0 Å². The van der Waals surface area contributed by atoms with Crippen LogP contribution in [0.25, 0.3) is 0 Å². The summed E-state index contributed by atoms with van der Waals surface area (Å²) in [5.74, 6) is -1.98. The number of hydrogen-bond donors (Lipinski definition) is 1. The quantitative estimate of drug-likeness (QED) is 0.836. The van der Waals surface area contributed by atoms with Crippen LogP contribution in [0.4, 0.5) is 4.39 Å². The van der Waals surface area contributed by atoms with Crippen molar-refractivity contribution in [2.45, 2.75) is 37.6 Å². The number of amides is 1. The van der Waals surface area contributed by atoms with Gasteiger partial charge in [0.15, 0.2) is 0 Å². The fourth-order valence-corrected chi connectivity index (χ4v) is 3.85. The minimum absolute atomic E-state index is 0.0158. The van der Waals surface area contributed by atoms with Crippen molar-refractivity contribution in [3.8, 4) is 0 Å². The number of nitrogens with zero attached hydrogens (tertiary/aromatic N) is 1. The lowest BCUT2D eigenvalue weighted by Gasteiger charge is -2.34. The first-order valence-corrected chi connectivity index (χ1v) is 8.90. The van der Waals surface area contributed by atoms with Crippen molar-refractivity contribution in [2.75, 3.05) is 19.8 Å². The first-order chi connectivity index (χ1) is 12.0. The van der Waals surface area contributed by atoms with Gasteiger partial charge in [-0.25, -0.2) is 4.39 Å². The maximum Gasteiger partial charge on any atom is 0.305 e. The van der Waals surface area contributed by atoms with Gasteiger partial charge in [-0.05, 0) is 31.4 Å². The van der Waals surface area contributed by atoms with Gasteiger partial charge in [0.25, 0.3) is 0 Å². The Morgan fingerprint density at radius 2 is 2.04 bits per heavy atom. The third-order valence-electron chi connectivity index (χ3n) is 4.96. The van der Waals surface area contributed by atoms with Gasteiger partial charge in [-0.2, -0.15) is 0 Å². The van der Waals surface area contributed by atoms with Crippen molar-refractivity contribution in [1.29, 1.82) is 0 Å². The highest BCUT2D eigenvalue weighted by molar-refractivity contribution is 6.31. The summed E-state index contributed by atoms with van der Waals surface area (Å²) in [5, 5.41) is 9.31. The second-order valence-electron chi connectivity index (χ2n) is 6.60. The van der Waals surface area contributed by atoms with Gasteiger partial charge in [-0.1, -0.05) is 17.7 Å². The molecule has 1 saturated carbocycles. The van der Waals surface area contributed by atoms with Gasteiger partial charge in [-0.3, -0.25) is 9.59 Å². The van der Waals surface area contributed by atoms with Gasteiger partial charge in [0, 0.05) is 48.2 Å². The maximum absolute atomic E-state index is 14.1. The van der Waals surface area contributed by atoms with Gasteiger partial charge >= 0.3 is 5.97 Å². The monoisotopic (exact) mass is 369 g/mol. The van der Waals surface area contributed by atoms with Gasteiger partial charge in [0.1, 0.15) is 5.82 Å². The molecule has 2 fully saturated rings. The zero-order valence-corrected chi connectivity index (χ0v) is 14.5. The molecule has 1 aromatic carbocycles. The molecule has 1 N–H and O–H groups in total. The molecule has 2 unspecified atom stereocenters. The average molecular weight is 370 g/mol. The number of carboxylic acid groups (broad SMARTS) is 1. The Morgan fingerprint density at radius 3 is 2.68 bits per heavy atom. The summed E-state index contributed by atoms with van der Waals surface area (Å²) in [6, 6.07) is 4.50. The summed E-state index contributed by atoms with van der Waals surface area (Å²) in [6.45, 7) is 1.30. The molecule has 2 aliphatic rings. The third-order valence-corrected chi connectivity index (χ3v) is 5.29. The Labute approximate surface area is 150 Å². The van der Waals surface area contributed by atoms with Crippen LogP contribution < -0.4 is 0 Å². The molecule has 1 aromatic rings. The van der Waals surface area contributed by atoms with Crippen LogP contribution in [0, 0.1) is 11.7 Å². The van der Waals surface area contributed by atoms with Crippen LogP contribution in [0.15, 0.2) is 18.2 Å². The van der Waals surface area contributed by atoms with Crippen molar-refractivity contribution in [1.82, 2.24) is 4.90 Å². The summed E-state index contributed by atoms with van der Waals surface area (Å²) < 4.78 is 19.4. The molecule has 136 valence electrons. The average Bonchev–Trinajstić information content (AvgIpc) is 3.36. The van der Waals surface area contributed by atoms with Crippen LogP contribution >= 0.6 is 11.6 Å². The molecule has 0 aromatic heterocycles. The van der Waals surface area contributed by atoms with Crippen LogP contribution in [0.2, 0.25) is 5.02 Å². The van der Waals surface area contributed by atoms with Crippen molar-refractivity contribution in [3.05, 3.63) is 34.6 Å². The van der Waals surface area contributed by atoms with Crippen molar-refractivity contribution in [3.63, 3.8) is 0 Å². The van der Waals surface area contributed by atoms with E-state index in [1.165, 1.54) is 6.07 Å². The molecule has 7 heteroatoms. The van der Waals surface area contributed by atoms with E-state index >= 15 is 0 Å². The zero-order chi connectivity index (χ0) is 18.0. The van der Waals surface area contributed by atoms with E-state index in [1.807, 2.05) is 0 Å². The van der Waals surface area contributed by atoms with E-state index in [4.69, 9.17) is 21.4 Å². The summed E-state index contributed by atoms with van der Waals surface area (Å²) in [5.41, 5.74) is 0.396. The minimum Gasteiger partial charge on any atom is -0.481 e. The number of rotatable bonds is 6. The van der Waals surface area contributed by atoms with Crippen LogP contribution in [-0.2, 0) is 14.3 Å². The molecular formula is C18H21ClFNO4. The lowest BCUT2D eigenvalue weighted by Crippen LogP contribution is -2.45. The topological polar surface area (TPSA) is 66.8 Å². The number of carbonyl (C=O) groups is 2. The predicted molar refractivity (Wildman–Crippen MR) is 90.1 cm³/mol. The van der Waals surface area contributed by atoms with E-state index < -0.39 is 11.8 Å². The molecule has 2 atom stereocenters. The molecule has 0 radical (unpaired) electrons. The number of ether oxygens (including phenoxy) is 1. The number of carboxylic acids is 1. The first kappa shape index (κ1) is 18.1. The second kappa shape index (κ2) is 7.70. The lowest BCUT2D eigenvalue weighted by molar-refractivity contribution is -0.141. The molecule has 1 aliphatic carbocycles. The molecule has 5 nitrogen and oxygen atoms in total. The van der Waals surface area contributed by atoms with Gasteiger partial charge < -0.3 is 14.7 Å². The van der Waals surface area contributed by atoms with Gasteiger partial charge in [-0.15, -0.1) is 0 Å². The normalized spacial score (nSPS) is 23.3. The standard InChI is InChI=1S/C18H21ClFNO4/c19-14-2-1-3-15(20)17(14)12-10-13(12)18(24)21(7-4-16(22)23)11-5-8-25-9-6-11/h1-3,11-13H,4-10H2,(H,22,23). The smallest absolute Gasteiger partial charge is 0.305 e. The van der Waals surface area contributed by atoms with Crippen LogP contribution in [0.5, 0.6) is 0 Å². The molecule has 1 aliphatic heterocycles. The van der Waals surface area contributed by atoms with E-state index in [-0.39, 0.29) is 36.8 Å². The van der Waals surface area contributed by atoms with E-state index in [1.54, 1.807) is 17.0 Å². The number of halogens is 2. The van der Waals surface area contributed by atoms with Crippen LogP contribution in [0.1, 0.15) is 37.2 Å². The van der Waals surface area contributed by atoms with Crippen LogP contribution in [-0.4, -0.2) is 47.7 Å². The summed E-state index contributed by atoms with van der Waals surface area (Å²) in [7, 11) is 0. The van der Waals surface area contributed by atoms with Crippen LogP contribution in [0.3, 0.4) is 0 Å². The second-order valence-corrected chi connectivity index (χ2v) is 7.01. The Morgan fingerprint density at radius 1 is 1.32 bits per heavy atom. The third kappa shape index (κ3) is 4.12. The largest absolute Gasteiger partial charge is 0.481 e. The minimum atomic E-state index is -0.936. The number of hydrogen-bond acceptors (Lipinski definition) is 3. The molecule has 1 saturated heterocycles. The van der Waals surface area contributed by atoms with Gasteiger partial charge in [0.05, 0.1) is 6.42 Å². The molecular weight excluding hydrogens is 349 g/mol. The Hall–Kier alpha value is -1.66. The molecule has 1 heterocycles. The van der Waals surface area contributed by atoms with Crippen molar-refractivity contribution < 1.29 is 23.8 Å². The highest BCUT2D eigenvalue weighted by atomic mass is 35.5. The van der Waals surface area contributed by atoms with E-state index in [0.29, 0.717) is 43.1 Å². The molecule has 25 heavy (non-hydrogen) atoms. The first-order valence-electron chi connectivity index (χ1n) is 8.53. The molecule has 0 spiro atoms. The number of benzene rings is 1. The number of carbonyl (C=O) groups excluding carboxylic acids is 1. The Bertz CT molecular complexity index is 642. The number of aliphatic carboxylic acids is 1. The molecule has 1 amide bonds. The molecule has 0 bridgehead atoms. The Kier molecular flexibility index (Phi) is 5.59. The van der Waals surface area contributed by atoms with Crippen molar-refractivity contribution in [2.24, 2.45) is 5.92 Å². The SMILES string of the molecule is O=C(O)CCN(C(=O)C1CC1c1c(F)cccc1Cl)C1CCOCC1. The predicted octanol–water partition coefficient (Wildman–Crippen LogP) is 3.06. The highest BCUT2D eigenvalue weighted by Gasteiger charge is 2.48.